The molecular weight excluding hydrogens is 292 g/mol. The highest BCUT2D eigenvalue weighted by Gasteiger charge is 2.11. The first-order valence-electron chi connectivity index (χ1n) is 5.59. The molecule has 1 unspecified atom stereocenters. The fraction of sp³-hybridized carbons (Fsp3) is 0.231. The fourth-order valence-electron chi connectivity index (χ4n) is 1.72. The number of hydrogen-bond acceptors (Lipinski definition) is 3. The molecule has 102 valence electrons. The van der Waals surface area contributed by atoms with E-state index in [0.29, 0.717) is 10.8 Å². The molecular formula is C13H12ClF2NOS. The predicted octanol–water partition coefficient (Wildman–Crippen LogP) is 4.25. The SMILES string of the molecule is NC(Cc1ccc(Cl)s1)c1cccc(OC(F)F)c1. The van der Waals surface area contributed by atoms with Crippen LogP contribution in [0.25, 0.3) is 0 Å². The molecule has 0 saturated heterocycles. The van der Waals surface area contributed by atoms with Crippen LogP contribution < -0.4 is 10.5 Å². The third kappa shape index (κ3) is 4.16. The first-order valence-corrected chi connectivity index (χ1v) is 6.78. The summed E-state index contributed by atoms with van der Waals surface area (Å²) in [5.74, 6) is 0.118. The van der Waals surface area contributed by atoms with E-state index in [0.717, 1.165) is 10.4 Å². The largest absolute Gasteiger partial charge is 0.435 e. The van der Waals surface area contributed by atoms with Gasteiger partial charge in [-0.2, -0.15) is 8.78 Å². The molecule has 1 atom stereocenters. The second-order valence-electron chi connectivity index (χ2n) is 3.97. The molecule has 2 N–H and O–H groups in total. The highest BCUT2D eigenvalue weighted by atomic mass is 35.5. The summed E-state index contributed by atoms with van der Waals surface area (Å²) >= 11 is 7.31. The van der Waals surface area contributed by atoms with Crippen molar-refractivity contribution in [3.8, 4) is 5.75 Å². The van der Waals surface area contributed by atoms with Crippen LogP contribution in [0.5, 0.6) is 5.75 Å². The van der Waals surface area contributed by atoms with Gasteiger partial charge in [-0.05, 0) is 29.8 Å². The van der Waals surface area contributed by atoms with Crippen LogP contribution in [0, 0.1) is 0 Å². The van der Waals surface area contributed by atoms with Crippen molar-refractivity contribution in [2.75, 3.05) is 0 Å². The van der Waals surface area contributed by atoms with Gasteiger partial charge < -0.3 is 10.5 Å². The van der Waals surface area contributed by atoms with Gasteiger partial charge in [0.05, 0.1) is 4.34 Å². The summed E-state index contributed by atoms with van der Waals surface area (Å²) in [5.41, 5.74) is 6.81. The molecule has 2 aromatic rings. The second-order valence-corrected chi connectivity index (χ2v) is 5.77. The van der Waals surface area contributed by atoms with E-state index in [2.05, 4.69) is 4.74 Å². The molecule has 19 heavy (non-hydrogen) atoms. The molecule has 0 amide bonds. The molecule has 0 aliphatic carbocycles. The van der Waals surface area contributed by atoms with Crippen molar-refractivity contribution in [1.29, 1.82) is 0 Å². The van der Waals surface area contributed by atoms with Crippen molar-refractivity contribution in [3.63, 3.8) is 0 Å². The van der Waals surface area contributed by atoms with E-state index in [1.165, 1.54) is 23.5 Å². The fourth-order valence-corrected chi connectivity index (χ4v) is 2.86. The van der Waals surface area contributed by atoms with Crippen LogP contribution >= 0.6 is 22.9 Å². The Morgan fingerprint density at radius 1 is 1.26 bits per heavy atom. The Balaban J connectivity index is 2.08. The maximum Gasteiger partial charge on any atom is 0.387 e. The zero-order chi connectivity index (χ0) is 13.8. The van der Waals surface area contributed by atoms with Crippen LogP contribution in [0.15, 0.2) is 36.4 Å². The third-order valence-electron chi connectivity index (χ3n) is 2.56. The van der Waals surface area contributed by atoms with Crippen molar-refractivity contribution < 1.29 is 13.5 Å². The van der Waals surface area contributed by atoms with Crippen molar-refractivity contribution in [2.45, 2.75) is 19.1 Å². The van der Waals surface area contributed by atoms with Gasteiger partial charge in [-0.25, -0.2) is 0 Å². The number of hydrogen-bond donors (Lipinski definition) is 1. The first kappa shape index (κ1) is 14.2. The minimum Gasteiger partial charge on any atom is -0.435 e. The number of thiophene rings is 1. The molecule has 0 fully saturated rings. The number of halogens is 3. The van der Waals surface area contributed by atoms with Gasteiger partial charge >= 0.3 is 6.61 Å². The topological polar surface area (TPSA) is 35.2 Å². The number of ether oxygens (including phenoxy) is 1. The quantitative estimate of drug-likeness (QED) is 0.896. The lowest BCUT2D eigenvalue weighted by molar-refractivity contribution is -0.0498. The van der Waals surface area contributed by atoms with E-state index in [1.807, 2.05) is 12.1 Å². The van der Waals surface area contributed by atoms with E-state index < -0.39 is 6.61 Å². The number of nitrogens with two attached hydrogens (primary N) is 1. The Morgan fingerprint density at radius 2 is 2.05 bits per heavy atom. The molecule has 0 aliphatic rings. The van der Waals surface area contributed by atoms with Gasteiger partial charge in [0.25, 0.3) is 0 Å². The second kappa shape index (κ2) is 6.32. The minimum absolute atomic E-state index is 0.118. The Morgan fingerprint density at radius 3 is 2.68 bits per heavy atom. The van der Waals surface area contributed by atoms with Crippen molar-refractivity contribution in [3.05, 3.63) is 51.2 Å². The van der Waals surface area contributed by atoms with Crippen LogP contribution in [0.4, 0.5) is 8.78 Å². The smallest absolute Gasteiger partial charge is 0.387 e. The van der Waals surface area contributed by atoms with Crippen LogP contribution in [-0.4, -0.2) is 6.61 Å². The van der Waals surface area contributed by atoms with Crippen molar-refractivity contribution in [1.82, 2.24) is 0 Å². The first-order chi connectivity index (χ1) is 9.04. The zero-order valence-electron chi connectivity index (χ0n) is 9.85. The molecule has 1 aromatic carbocycles. The van der Waals surface area contributed by atoms with Crippen molar-refractivity contribution in [2.24, 2.45) is 5.73 Å². The molecule has 1 aromatic heterocycles. The molecule has 0 saturated carbocycles. The summed E-state index contributed by atoms with van der Waals surface area (Å²) in [6, 6.07) is 9.89. The summed E-state index contributed by atoms with van der Waals surface area (Å²) in [7, 11) is 0. The lowest BCUT2D eigenvalue weighted by Gasteiger charge is -2.12. The van der Waals surface area contributed by atoms with Crippen LogP contribution in [0.2, 0.25) is 4.34 Å². The summed E-state index contributed by atoms with van der Waals surface area (Å²) in [6.07, 6.45) is 0.607. The number of alkyl halides is 2. The minimum atomic E-state index is -2.83. The molecule has 2 nitrogen and oxygen atoms in total. The molecule has 1 heterocycles. The van der Waals surface area contributed by atoms with Gasteiger partial charge in [-0.15, -0.1) is 11.3 Å². The number of rotatable bonds is 5. The van der Waals surface area contributed by atoms with E-state index >= 15 is 0 Å². The van der Waals surface area contributed by atoms with Gasteiger partial charge in [0, 0.05) is 17.3 Å². The Bertz CT molecular complexity index is 547. The average molecular weight is 304 g/mol. The third-order valence-corrected chi connectivity index (χ3v) is 3.81. The Kier molecular flexibility index (Phi) is 4.74. The van der Waals surface area contributed by atoms with Crippen LogP contribution in [-0.2, 0) is 6.42 Å². The van der Waals surface area contributed by atoms with Crippen LogP contribution in [0.3, 0.4) is 0 Å². The molecule has 2 rings (SSSR count). The van der Waals surface area contributed by atoms with Gasteiger partial charge in [0.1, 0.15) is 5.75 Å². The van der Waals surface area contributed by atoms with E-state index in [9.17, 15) is 8.78 Å². The highest BCUT2D eigenvalue weighted by molar-refractivity contribution is 7.16. The predicted molar refractivity (Wildman–Crippen MR) is 73.0 cm³/mol. The molecule has 0 spiro atoms. The lowest BCUT2D eigenvalue weighted by atomic mass is 10.0. The van der Waals surface area contributed by atoms with Crippen molar-refractivity contribution >= 4 is 22.9 Å². The monoisotopic (exact) mass is 303 g/mol. The zero-order valence-corrected chi connectivity index (χ0v) is 11.4. The highest BCUT2D eigenvalue weighted by Crippen LogP contribution is 2.27. The number of benzene rings is 1. The van der Waals surface area contributed by atoms with E-state index in [-0.39, 0.29) is 11.8 Å². The van der Waals surface area contributed by atoms with Crippen LogP contribution in [0.1, 0.15) is 16.5 Å². The molecule has 0 aliphatic heterocycles. The Labute approximate surface area is 118 Å². The summed E-state index contributed by atoms with van der Waals surface area (Å²) in [5, 5.41) is 0. The summed E-state index contributed by atoms with van der Waals surface area (Å²) < 4.78 is 29.3. The maximum absolute atomic E-state index is 12.1. The van der Waals surface area contributed by atoms with Gasteiger partial charge in [-0.3, -0.25) is 0 Å². The maximum atomic E-state index is 12.1. The molecule has 6 heteroatoms. The van der Waals surface area contributed by atoms with E-state index in [4.69, 9.17) is 17.3 Å². The normalized spacial score (nSPS) is 12.7. The van der Waals surface area contributed by atoms with E-state index in [1.54, 1.807) is 12.1 Å². The summed E-state index contributed by atoms with van der Waals surface area (Å²) in [6.45, 7) is -2.83. The standard InChI is InChI=1S/C13H12ClF2NOS/c14-12-5-4-10(19-12)7-11(17)8-2-1-3-9(6-8)18-13(15)16/h1-6,11,13H,7,17H2. The lowest BCUT2D eigenvalue weighted by Crippen LogP contribution is -2.13. The molecule has 0 bridgehead atoms. The average Bonchev–Trinajstić information content (AvgIpc) is 2.74. The summed E-state index contributed by atoms with van der Waals surface area (Å²) in [4.78, 5) is 1.05. The Hall–Kier alpha value is -1.17. The molecule has 0 radical (unpaired) electrons. The van der Waals surface area contributed by atoms with Gasteiger partial charge in [0.2, 0.25) is 0 Å². The van der Waals surface area contributed by atoms with Gasteiger partial charge in [0.15, 0.2) is 0 Å². The van der Waals surface area contributed by atoms with Gasteiger partial charge in [-0.1, -0.05) is 23.7 Å².